The molecule has 0 aromatic heterocycles. The molecule has 0 spiro atoms. The second-order valence-electron chi connectivity index (χ2n) is 5.69. The van der Waals surface area contributed by atoms with Gasteiger partial charge in [-0.15, -0.1) is 0 Å². The Morgan fingerprint density at radius 3 is 2.90 bits per heavy atom. The minimum absolute atomic E-state index is 0.0485. The maximum Gasteiger partial charge on any atom is 0.226 e. The van der Waals surface area contributed by atoms with Crippen LogP contribution in [0.1, 0.15) is 24.3 Å². The summed E-state index contributed by atoms with van der Waals surface area (Å²) < 4.78 is 26.9. The van der Waals surface area contributed by atoms with E-state index in [0.717, 1.165) is 25.6 Å². The van der Waals surface area contributed by atoms with Crippen molar-refractivity contribution in [3.05, 3.63) is 35.4 Å². The van der Waals surface area contributed by atoms with Gasteiger partial charge in [0.25, 0.3) is 0 Å². The van der Waals surface area contributed by atoms with Crippen LogP contribution in [0.15, 0.2) is 18.2 Å². The van der Waals surface area contributed by atoms with E-state index in [1.165, 1.54) is 6.07 Å². The summed E-state index contributed by atoms with van der Waals surface area (Å²) in [7, 11) is 1.80. The quantitative estimate of drug-likeness (QED) is 0.917. The second-order valence-corrected chi connectivity index (χ2v) is 5.69. The summed E-state index contributed by atoms with van der Waals surface area (Å²) in [5.41, 5.74) is 0.335. The molecule has 3 atom stereocenters. The van der Waals surface area contributed by atoms with Crippen LogP contribution in [0.3, 0.4) is 0 Å². The van der Waals surface area contributed by atoms with Gasteiger partial charge in [-0.05, 0) is 36.9 Å². The van der Waals surface area contributed by atoms with E-state index >= 15 is 0 Å². The lowest BCUT2D eigenvalue weighted by molar-refractivity contribution is -0.133. The van der Waals surface area contributed by atoms with E-state index in [1.807, 2.05) is 0 Å². The van der Waals surface area contributed by atoms with Crippen LogP contribution in [0.5, 0.6) is 0 Å². The Balaban J connectivity index is 1.69. The minimum Gasteiger partial charge on any atom is -0.341 e. The van der Waals surface area contributed by atoms with Gasteiger partial charge in [0.05, 0.1) is 0 Å². The number of hydrogen-bond acceptors (Lipinski definition) is 2. The lowest BCUT2D eigenvalue weighted by Gasteiger charge is -2.24. The first-order valence-electron chi connectivity index (χ1n) is 7.01. The molecule has 1 aromatic carbocycles. The average molecular weight is 280 g/mol. The molecule has 1 heterocycles. The molecule has 0 unspecified atom stereocenters. The van der Waals surface area contributed by atoms with Gasteiger partial charge in [0.15, 0.2) is 11.6 Å². The van der Waals surface area contributed by atoms with E-state index in [2.05, 4.69) is 5.32 Å². The molecule has 3 rings (SSSR count). The van der Waals surface area contributed by atoms with Crippen molar-refractivity contribution in [3.8, 4) is 0 Å². The first-order valence-corrected chi connectivity index (χ1v) is 7.01. The topological polar surface area (TPSA) is 32.3 Å². The van der Waals surface area contributed by atoms with Crippen LogP contribution < -0.4 is 5.32 Å². The molecular formula is C15H18F2N2O. The molecule has 0 bridgehead atoms. The highest BCUT2D eigenvalue weighted by Gasteiger charge is 2.47. The molecule has 1 saturated heterocycles. The molecule has 1 aliphatic heterocycles. The van der Waals surface area contributed by atoms with Gasteiger partial charge in [-0.3, -0.25) is 4.79 Å². The number of hydrogen-bond donors (Lipinski definition) is 1. The molecule has 20 heavy (non-hydrogen) atoms. The van der Waals surface area contributed by atoms with Crippen molar-refractivity contribution in [2.24, 2.45) is 5.92 Å². The zero-order valence-corrected chi connectivity index (χ0v) is 11.4. The van der Waals surface area contributed by atoms with Crippen molar-refractivity contribution in [2.45, 2.75) is 24.8 Å². The predicted octanol–water partition coefficient (Wildman–Crippen LogP) is 1.89. The maximum absolute atomic E-state index is 13.7. The Kier molecular flexibility index (Phi) is 3.46. The van der Waals surface area contributed by atoms with Crippen LogP contribution in [-0.4, -0.2) is 37.0 Å². The third-order valence-corrected chi connectivity index (χ3v) is 4.42. The van der Waals surface area contributed by atoms with Crippen LogP contribution in [0.25, 0.3) is 0 Å². The van der Waals surface area contributed by atoms with Crippen LogP contribution in [0, 0.1) is 17.6 Å². The van der Waals surface area contributed by atoms with Crippen LogP contribution in [-0.2, 0) is 4.79 Å². The number of benzene rings is 1. The largest absolute Gasteiger partial charge is 0.341 e. The van der Waals surface area contributed by atoms with Gasteiger partial charge in [0, 0.05) is 25.6 Å². The van der Waals surface area contributed by atoms with Gasteiger partial charge in [0.2, 0.25) is 5.91 Å². The van der Waals surface area contributed by atoms with E-state index in [0.29, 0.717) is 12.0 Å². The number of rotatable bonds is 3. The second kappa shape index (κ2) is 5.13. The Hall–Kier alpha value is -1.49. The SMILES string of the molecule is CN(C(=O)[C@@H]1C[C@@H]1c1cccc(F)c1F)[C@@H]1CCNC1. The predicted molar refractivity (Wildman–Crippen MR) is 71.3 cm³/mol. The number of likely N-dealkylation sites (N-methyl/N-ethyl adjacent to an activating group) is 1. The minimum atomic E-state index is -0.839. The maximum atomic E-state index is 13.7. The van der Waals surface area contributed by atoms with Crippen molar-refractivity contribution >= 4 is 5.91 Å². The summed E-state index contributed by atoms with van der Waals surface area (Å²) in [6, 6.07) is 4.40. The fourth-order valence-corrected chi connectivity index (χ4v) is 3.03. The number of carbonyl (C=O) groups excluding carboxylic acids is 1. The van der Waals surface area contributed by atoms with Gasteiger partial charge in [-0.2, -0.15) is 0 Å². The van der Waals surface area contributed by atoms with Gasteiger partial charge >= 0.3 is 0 Å². The fourth-order valence-electron chi connectivity index (χ4n) is 3.03. The molecule has 108 valence electrons. The first kappa shape index (κ1) is 13.5. The van der Waals surface area contributed by atoms with E-state index in [4.69, 9.17) is 0 Å². The van der Waals surface area contributed by atoms with Crippen molar-refractivity contribution in [1.82, 2.24) is 10.2 Å². The molecule has 2 fully saturated rings. The Labute approximate surface area is 117 Å². The van der Waals surface area contributed by atoms with Crippen LogP contribution >= 0.6 is 0 Å². The zero-order chi connectivity index (χ0) is 14.3. The van der Waals surface area contributed by atoms with E-state index in [9.17, 15) is 13.6 Å². The molecular weight excluding hydrogens is 262 g/mol. The monoisotopic (exact) mass is 280 g/mol. The Morgan fingerprint density at radius 2 is 2.20 bits per heavy atom. The smallest absolute Gasteiger partial charge is 0.226 e. The highest BCUT2D eigenvalue weighted by Crippen LogP contribution is 2.49. The van der Waals surface area contributed by atoms with Gasteiger partial charge in [-0.1, -0.05) is 12.1 Å². The Morgan fingerprint density at radius 1 is 1.40 bits per heavy atom. The molecule has 1 aliphatic carbocycles. The summed E-state index contributed by atoms with van der Waals surface area (Å²) >= 11 is 0. The number of nitrogens with one attached hydrogen (secondary N) is 1. The van der Waals surface area contributed by atoms with Crippen LogP contribution in [0.4, 0.5) is 8.78 Å². The van der Waals surface area contributed by atoms with E-state index < -0.39 is 11.6 Å². The van der Waals surface area contributed by atoms with E-state index in [-0.39, 0.29) is 23.8 Å². The summed E-state index contributed by atoms with van der Waals surface area (Å²) in [5.74, 6) is -1.97. The lowest BCUT2D eigenvalue weighted by atomic mass is 10.1. The molecule has 0 radical (unpaired) electrons. The molecule has 1 saturated carbocycles. The number of carbonyl (C=O) groups is 1. The average Bonchev–Trinajstić information content (AvgIpc) is 3.04. The molecule has 1 amide bonds. The third-order valence-electron chi connectivity index (χ3n) is 4.42. The lowest BCUT2D eigenvalue weighted by Crippen LogP contribution is -2.39. The summed E-state index contributed by atoms with van der Waals surface area (Å²) in [4.78, 5) is 14.1. The molecule has 1 N–H and O–H groups in total. The standard InChI is InChI=1S/C15H18F2N2O/c1-19(9-5-6-18-8-9)15(20)12-7-11(12)10-3-2-4-13(16)14(10)17/h2-4,9,11-12,18H,5-8H2,1H3/t9-,11-,12-/m1/s1. The van der Waals surface area contributed by atoms with Crippen LogP contribution in [0.2, 0.25) is 0 Å². The fraction of sp³-hybridized carbons (Fsp3) is 0.533. The zero-order valence-electron chi connectivity index (χ0n) is 11.4. The summed E-state index contributed by atoms with van der Waals surface area (Å²) in [6.07, 6.45) is 1.57. The van der Waals surface area contributed by atoms with Crippen molar-refractivity contribution < 1.29 is 13.6 Å². The normalized spacial score (nSPS) is 28.4. The number of amides is 1. The molecule has 1 aromatic rings. The van der Waals surface area contributed by atoms with Gasteiger partial charge in [0.1, 0.15) is 0 Å². The van der Waals surface area contributed by atoms with Gasteiger partial charge in [-0.25, -0.2) is 8.78 Å². The number of halogens is 2. The van der Waals surface area contributed by atoms with Crippen molar-refractivity contribution in [1.29, 1.82) is 0 Å². The highest BCUT2D eigenvalue weighted by molar-refractivity contribution is 5.83. The summed E-state index contributed by atoms with van der Waals surface area (Å²) in [5, 5.41) is 3.22. The highest BCUT2D eigenvalue weighted by atomic mass is 19.2. The first-order chi connectivity index (χ1) is 9.59. The van der Waals surface area contributed by atoms with Crippen molar-refractivity contribution in [3.63, 3.8) is 0 Å². The third kappa shape index (κ3) is 2.30. The van der Waals surface area contributed by atoms with E-state index in [1.54, 1.807) is 18.0 Å². The molecule has 5 heteroatoms. The van der Waals surface area contributed by atoms with Crippen molar-refractivity contribution in [2.75, 3.05) is 20.1 Å². The molecule has 3 nitrogen and oxygen atoms in total. The molecule has 2 aliphatic rings. The van der Waals surface area contributed by atoms with Gasteiger partial charge < -0.3 is 10.2 Å². The number of nitrogens with zero attached hydrogens (tertiary/aromatic N) is 1. The summed E-state index contributed by atoms with van der Waals surface area (Å²) in [6.45, 7) is 1.74. The Bertz CT molecular complexity index is 529.